The number of carbonyl (C=O) groups is 2. The highest BCUT2D eigenvalue weighted by molar-refractivity contribution is 6.02. The highest BCUT2D eigenvalue weighted by Gasteiger charge is 2.17. The van der Waals surface area contributed by atoms with Gasteiger partial charge >= 0.3 is 12.1 Å². The van der Waals surface area contributed by atoms with Gasteiger partial charge in [0, 0.05) is 30.5 Å². The molecule has 0 aliphatic rings. The van der Waals surface area contributed by atoms with Crippen molar-refractivity contribution in [2.75, 3.05) is 35.7 Å². The topological polar surface area (TPSA) is 82.7 Å². The smallest absolute Gasteiger partial charge is 0.326 e. The Morgan fingerprint density at radius 3 is 2.41 bits per heavy atom. The Bertz CT molecular complexity index is 1080. The summed E-state index contributed by atoms with van der Waals surface area (Å²) in [7, 11) is 1.52. The lowest BCUT2D eigenvalue weighted by Crippen LogP contribution is -2.42. The molecule has 0 aliphatic carbocycles. The van der Waals surface area contributed by atoms with Crippen molar-refractivity contribution in [3.63, 3.8) is 0 Å². The number of anilines is 3. The first-order chi connectivity index (χ1) is 15.5. The molecule has 9 heteroatoms. The molecule has 4 amide bonds. The number of halogens is 2. The zero-order valence-electron chi connectivity index (χ0n) is 17.3. The molecular weight excluding hydrogens is 418 g/mol. The van der Waals surface area contributed by atoms with E-state index in [0.717, 1.165) is 0 Å². The van der Waals surface area contributed by atoms with Gasteiger partial charge in [0.2, 0.25) is 0 Å². The molecular formula is C23H22F2N4O3. The van der Waals surface area contributed by atoms with Gasteiger partial charge in [-0.3, -0.25) is 4.90 Å². The summed E-state index contributed by atoms with van der Waals surface area (Å²) in [6, 6.07) is 16.9. The Morgan fingerprint density at radius 1 is 0.938 bits per heavy atom. The highest BCUT2D eigenvalue weighted by Crippen LogP contribution is 2.20. The summed E-state index contributed by atoms with van der Waals surface area (Å²) < 4.78 is 32.2. The van der Waals surface area contributed by atoms with Gasteiger partial charge in [-0.2, -0.15) is 0 Å². The number of methoxy groups -OCH3 is 1. The number of nitrogens with zero attached hydrogens (tertiary/aromatic N) is 1. The van der Waals surface area contributed by atoms with E-state index in [0.29, 0.717) is 17.1 Å². The van der Waals surface area contributed by atoms with Crippen LogP contribution >= 0.6 is 0 Å². The molecule has 0 aromatic heterocycles. The Labute approximate surface area is 184 Å². The van der Waals surface area contributed by atoms with E-state index < -0.39 is 23.7 Å². The number of hydrogen-bond acceptors (Lipinski definition) is 3. The quantitative estimate of drug-likeness (QED) is 0.492. The van der Waals surface area contributed by atoms with Gasteiger partial charge in [0.1, 0.15) is 17.4 Å². The van der Waals surface area contributed by atoms with Crippen LogP contribution in [0.3, 0.4) is 0 Å². The maximum absolute atomic E-state index is 13.7. The second-order valence-corrected chi connectivity index (χ2v) is 6.65. The van der Waals surface area contributed by atoms with Crippen molar-refractivity contribution < 1.29 is 23.1 Å². The summed E-state index contributed by atoms with van der Waals surface area (Å²) in [5, 5.41) is 7.73. The molecule has 0 heterocycles. The molecule has 0 saturated heterocycles. The fraction of sp³-hybridized carbons (Fsp3) is 0.130. The largest absolute Gasteiger partial charge is 0.497 e. The lowest BCUT2D eigenvalue weighted by molar-refractivity contribution is 0.250. The third-order valence-electron chi connectivity index (χ3n) is 4.45. The number of hydrogen-bond donors (Lipinski definition) is 3. The van der Waals surface area contributed by atoms with Crippen LogP contribution in [0, 0.1) is 11.6 Å². The highest BCUT2D eigenvalue weighted by atomic mass is 19.1. The lowest BCUT2D eigenvalue weighted by Gasteiger charge is -2.23. The zero-order valence-corrected chi connectivity index (χ0v) is 17.3. The molecule has 166 valence electrons. The van der Waals surface area contributed by atoms with Crippen LogP contribution in [0.5, 0.6) is 5.75 Å². The van der Waals surface area contributed by atoms with Crippen LogP contribution in [0.15, 0.2) is 72.8 Å². The van der Waals surface area contributed by atoms with Gasteiger partial charge in [-0.15, -0.1) is 0 Å². The van der Waals surface area contributed by atoms with Gasteiger partial charge in [-0.25, -0.2) is 18.4 Å². The van der Waals surface area contributed by atoms with E-state index in [-0.39, 0.29) is 18.8 Å². The SMILES string of the molecule is COc1cccc(NC(=O)N(CCNC(=O)Nc2ccccc2F)c2ccc(F)cc2)c1. The third-order valence-corrected chi connectivity index (χ3v) is 4.45. The summed E-state index contributed by atoms with van der Waals surface area (Å²) in [5.74, 6) is -0.430. The van der Waals surface area contributed by atoms with Crippen LogP contribution in [0.2, 0.25) is 0 Å². The average molecular weight is 440 g/mol. The number of para-hydroxylation sites is 1. The predicted octanol–water partition coefficient (Wildman–Crippen LogP) is 4.83. The fourth-order valence-electron chi connectivity index (χ4n) is 2.87. The van der Waals surface area contributed by atoms with Gasteiger partial charge < -0.3 is 20.7 Å². The number of nitrogens with one attached hydrogen (secondary N) is 3. The Balaban J connectivity index is 1.66. The van der Waals surface area contributed by atoms with Crippen LogP contribution in [-0.2, 0) is 0 Å². The van der Waals surface area contributed by atoms with Crippen molar-refractivity contribution in [2.24, 2.45) is 0 Å². The number of carbonyl (C=O) groups excluding carboxylic acids is 2. The summed E-state index contributed by atoms with van der Waals surface area (Å²) in [5.41, 5.74) is 0.978. The fourth-order valence-corrected chi connectivity index (χ4v) is 2.87. The van der Waals surface area contributed by atoms with Crippen molar-refractivity contribution in [1.29, 1.82) is 0 Å². The van der Waals surface area contributed by atoms with E-state index in [9.17, 15) is 18.4 Å². The van der Waals surface area contributed by atoms with E-state index in [2.05, 4.69) is 16.0 Å². The second kappa shape index (κ2) is 10.8. The Morgan fingerprint density at radius 2 is 1.69 bits per heavy atom. The number of benzene rings is 3. The monoisotopic (exact) mass is 440 g/mol. The minimum Gasteiger partial charge on any atom is -0.497 e. The van der Waals surface area contributed by atoms with Gasteiger partial charge in [0.05, 0.1) is 12.8 Å². The maximum Gasteiger partial charge on any atom is 0.326 e. The molecule has 0 radical (unpaired) electrons. The standard InChI is InChI=1S/C23H22F2N4O3/c1-32-19-6-4-5-17(15-19)27-23(31)29(18-11-9-16(24)10-12-18)14-13-26-22(30)28-21-8-3-2-7-20(21)25/h2-12,15H,13-14H2,1H3,(H,27,31)(H2,26,28,30). The molecule has 0 spiro atoms. The van der Waals surface area contributed by atoms with E-state index in [1.807, 2.05) is 0 Å². The Hall–Kier alpha value is -4.14. The molecule has 0 bridgehead atoms. The van der Waals surface area contributed by atoms with Crippen LogP contribution in [0.4, 0.5) is 35.4 Å². The minimum absolute atomic E-state index is 0.0381. The lowest BCUT2D eigenvalue weighted by atomic mass is 10.2. The van der Waals surface area contributed by atoms with Crippen LogP contribution < -0.4 is 25.6 Å². The summed E-state index contributed by atoms with van der Waals surface area (Å²) in [6.45, 7) is 0.134. The molecule has 0 unspecified atom stereocenters. The third kappa shape index (κ3) is 6.18. The van der Waals surface area contributed by atoms with Crippen LogP contribution in [-0.4, -0.2) is 32.3 Å². The predicted molar refractivity (Wildman–Crippen MR) is 119 cm³/mol. The van der Waals surface area contributed by atoms with Crippen molar-refractivity contribution in [1.82, 2.24) is 5.32 Å². The van der Waals surface area contributed by atoms with Crippen LogP contribution in [0.25, 0.3) is 0 Å². The maximum atomic E-state index is 13.7. The molecule has 3 aromatic rings. The first-order valence-electron chi connectivity index (χ1n) is 9.74. The number of rotatable bonds is 7. The zero-order chi connectivity index (χ0) is 22.9. The molecule has 3 rings (SSSR count). The summed E-state index contributed by atoms with van der Waals surface area (Å²) in [4.78, 5) is 26.3. The molecule has 32 heavy (non-hydrogen) atoms. The molecule has 0 atom stereocenters. The van der Waals surface area contributed by atoms with Crippen molar-refractivity contribution >= 4 is 29.1 Å². The molecule has 3 N–H and O–H groups in total. The second-order valence-electron chi connectivity index (χ2n) is 6.65. The molecule has 3 aromatic carbocycles. The van der Waals surface area contributed by atoms with E-state index in [4.69, 9.17) is 4.74 Å². The molecule has 0 aliphatic heterocycles. The minimum atomic E-state index is -0.623. The van der Waals surface area contributed by atoms with Gasteiger partial charge in [-0.05, 0) is 48.5 Å². The van der Waals surface area contributed by atoms with Crippen molar-refractivity contribution in [3.8, 4) is 5.75 Å². The molecule has 7 nitrogen and oxygen atoms in total. The number of amides is 4. The Kier molecular flexibility index (Phi) is 7.58. The van der Waals surface area contributed by atoms with Gasteiger partial charge in [0.15, 0.2) is 0 Å². The molecule has 0 fully saturated rings. The van der Waals surface area contributed by atoms with Gasteiger partial charge in [-0.1, -0.05) is 18.2 Å². The summed E-state index contributed by atoms with van der Waals surface area (Å²) in [6.07, 6.45) is 0. The van der Waals surface area contributed by atoms with E-state index in [1.54, 1.807) is 30.3 Å². The summed E-state index contributed by atoms with van der Waals surface area (Å²) >= 11 is 0. The van der Waals surface area contributed by atoms with Gasteiger partial charge in [0.25, 0.3) is 0 Å². The van der Waals surface area contributed by atoms with Crippen molar-refractivity contribution in [2.45, 2.75) is 0 Å². The number of ether oxygens (including phenoxy) is 1. The van der Waals surface area contributed by atoms with Crippen molar-refractivity contribution in [3.05, 3.63) is 84.4 Å². The van der Waals surface area contributed by atoms with E-state index >= 15 is 0 Å². The normalized spacial score (nSPS) is 10.2. The molecule has 0 saturated carbocycles. The first kappa shape index (κ1) is 22.5. The van der Waals surface area contributed by atoms with E-state index in [1.165, 1.54) is 54.5 Å². The van der Waals surface area contributed by atoms with Crippen LogP contribution in [0.1, 0.15) is 0 Å². The average Bonchev–Trinajstić information content (AvgIpc) is 2.79. The first-order valence-corrected chi connectivity index (χ1v) is 9.74. The number of urea groups is 2.